The zero-order valence-electron chi connectivity index (χ0n) is 19.7. The van der Waals surface area contributed by atoms with Crippen molar-refractivity contribution in [2.24, 2.45) is 0 Å². The van der Waals surface area contributed by atoms with Gasteiger partial charge in [-0.3, -0.25) is 13.9 Å². The third-order valence-electron chi connectivity index (χ3n) is 5.58. The van der Waals surface area contributed by atoms with Crippen LogP contribution in [0.4, 0.5) is 5.82 Å². The van der Waals surface area contributed by atoms with E-state index in [4.69, 9.17) is 19.5 Å². The number of aliphatic hydroxyl groups is 2. The summed E-state index contributed by atoms with van der Waals surface area (Å²) in [5.41, 5.74) is 6.42. The molecule has 0 radical (unpaired) electrons. The summed E-state index contributed by atoms with van der Waals surface area (Å²) in [5.74, 6) is -0.334. The SMILES string of the molecule is COC(=O)[C@H](C)NP(=O)(Oc1ccccc1)O[C@@H](C)C1O[C@@H](n2cnc3c(N)ncnc32)[C@H](O)[C@@H]1O. The van der Waals surface area contributed by atoms with Crippen molar-refractivity contribution in [3.63, 3.8) is 0 Å². The Morgan fingerprint density at radius 3 is 2.61 bits per heavy atom. The molecule has 36 heavy (non-hydrogen) atoms. The minimum atomic E-state index is -4.22. The topological polar surface area (TPSA) is 193 Å². The van der Waals surface area contributed by atoms with Crippen molar-refractivity contribution < 1.29 is 38.1 Å². The van der Waals surface area contributed by atoms with Crippen LogP contribution in [0.25, 0.3) is 11.2 Å². The summed E-state index contributed by atoms with van der Waals surface area (Å²) in [4.78, 5) is 24.1. The Morgan fingerprint density at radius 1 is 1.19 bits per heavy atom. The number of rotatable bonds is 9. The van der Waals surface area contributed by atoms with Crippen molar-refractivity contribution in [1.82, 2.24) is 24.6 Å². The first-order valence-electron chi connectivity index (χ1n) is 11.0. The molecular formula is C21H27N6O8P. The van der Waals surface area contributed by atoms with Crippen LogP contribution in [0, 0.1) is 0 Å². The van der Waals surface area contributed by atoms with Gasteiger partial charge in [0.05, 0.1) is 19.5 Å². The maximum Gasteiger partial charge on any atom is 0.459 e. The number of aromatic nitrogens is 4. The zero-order valence-corrected chi connectivity index (χ0v) is 20.6. The lowest BCUT2D eigenvalue weighted by Gasteiger charge is -2.28. The molecule has 0 bridgehead atoms. The van der Waals surface area contributed by atoms with E-state index in [1.165, 1.54) is 38.2 Å². The number of carbonyl (C=O) groups excluding carboxylic acids is 1. The molecule has 1 aromatic carbocycles. The number of nitrogens with zero attached hydrogens (tertiary/aromatic N) is 4. The van der Waals surface area contributed by atoms with Crippen LogP contribution in [-0.4, -0.2) is 73.3 Å². The van der Waals surface area contributed by atoms with Crippen molar-refractivity contribution in [2.75, 3.05) is 12.8 Å². The third kappa shape index (κ3) is 5.19. The first-order chi connectivity index (χ1) is 17.1. The fraction of sp³-hybridized carbons (Fsp3) is 0.429. The summed E-state index contributed by atoms with van der Waals surface area (Å²) in [5, 5.41) is 24.0. The minimum absolute atomic E-state index is 0.143. The highest BCUT2D eigenvalue weighted by atomic mass is 31.2. The molecule has 1 aliphatic rings. The number of carbonyl (C=O) groups is 1. The zero-order chi connectivity index (χ0) is 26.0. The van der Waals surface area contributed by atoms with E-state index in [-0.39, 0.29) is 11.6 Å². The molecule has 5 N–H and O–H groups in total. The summed E-state index contributed by atoms with van der Waals surface area (Å²) in [6.07, 6.45) is -3.59. The smallest absolute Gasteiger partial charge is 0.459 e. The van der Waals surface area contributed by atoms with Crippen molar-refractivity contribution in [2.45, 2.75) is 50.5 Å². The van der Waals surface area contributed by atoms with E-state index >= 15 is 0 Å². The number of imidazole rings is 1. The Labute approximate surface area is 206 Å². The lowest BCUT2D eigenvalue weighted by Crippen LogP contribution is -2.41. The number of hydrogen-bond acceptors (Lipinski definition) is 12. The van der Waals surface area contributed by atoms with Crippen LogP contribution >= 0.6 is 7.75 Å². The standard InChI is InChI=1S/C21H27N6O8P/c1-11(21(30)32-3)26-36(31,35-13-7-5-4-6-8-13)34-12(2)17-15(28)16(29)20(33-17)27-10-25-14-18(22)23-9-24-19(14)27/h4-12,15-17,20,28-29H,1-3H3,(H,26,31)(H2,22,23,24)/t11-,12-,15-,16+,17?,20+,36?/m0/s1. The fourth-order valence-corrected chi connectivity index (χ4v) is 5.50. The van der Waals surface area contributed by atoms with Gasteiger partial charge in [-0.25, -0.2) is 19.5 Å². The summed E-state index contributed by atoms with van der Waals surface area (Å²) in [6, 6.07) is 7.15. The number of para-hydroxylation sites is 1. The number of aliphatic hydroxyl groups excluding tert-OH is 2. The largest absolute Gasteiger partial charge is 0.468 e. The predicted octanol–water partition coefficient (Wildman–Crippen LogP) is 0.771. The van der Waals surface area contributed by atoms with Crippen molar-refractivity contribution >= 4 is 30.7 Å². The van der Waals surface area contributed by atoms with Gasteiger partial charge in [0.15, 0.2) is 17.7 Å². The molecule has 0 saturated carbocycles. The van der Waals surface area contributed by atoms with Gasteiger partial charge in [-0.05, 0) is 26.0 Å². The van der Waals surface area contributed by atoms with Crippen LogP contribution in [0.2, 0.25) is 0 Å². The number of fused-ring (bicyclic) bond motifs is 1. The lowest BCUT2D eigenvalue weighted by atomic mass is 10.1. The molecule has 0 spiro atoms. The Balaban J connectivity index is 1.56. The van der Waals surface area contributed by atoms with Crippen molar-refractivity contribution in [3.8, 4) is 5.75 Å². The van der Waals surface area contributed by atoms with E-state index in [0.717, 1.165) is 0 Å². The number of nitrogens with one attached hydrogen (secondary N) is 1. The highest BCUT2D eigenvalue weighted by molar-refractivity contribution is 7.52. The van der Waals surface area contributed by atoms with Crippen LogP contribution in [0.3, 0.4) is 0 Å². The van der Waals surface area contributed by atoms with Crippen molar-refractivity contribution in [1.29, 1.82) is 0 Å². The first kappa shape index (κ1) is 25.9. The van der Waals surface area contributed by atoms with Crippen LogP contribution in [0.1, 0.15) is 20.1 Å². The van der Waals surface area contributed by atoms with Gasteiger partial charge in [0, 0.05) is 0 Å². The van der Waals surface area contributed by atoms with E-state index in [1.807, 2.05) is 0 Å². The molecule has 14 nitrogen and oxygen atoms in total. The van der Waals surface area contributed by atoms with Crippen molar-refractivity contribution in [3.05, 3.63) is 43.0 Å². The second kappa shape index (κ2) is 10.5. The van der Waals surface area contributed by atoms with Crippen LogP contribution in [0.5, 0.6) is 5.75 Å². The summed E-state index contributed by atoms with van der Waals surface area (Å²) >= 11 is 0. The Morgan fingerprint density at radius 2 is 1.92 bits per heavy atom. The Bertz CT molecular complexity index is 1260. The van der Waals surface area contributed by atoms with Crippen LogP contribution in [-0.2, 0) is 23.4 Å². The van der Waals surface area contributed by atoms with E-state index in [9.17, 15) is 19.6 Å². The second-order valence-electron chi connectivity index (χ2n) is 8.14. The van der Waals surface area contributed by atoms with Gasteiger partial charge in [-0.2, -0.15) is 5.09 Å². The molecule has 4 rings (SSSR count). The van der Waals surface area contributed by atoms with Gasteiger partial charge in [0.2, 0.25) is 0 Å². The van der Waals surface area contributed by atoms with Gasteiger partial charge in [0.1, 0.15) is 41.9 Å². The normalized spacial score (nSPS) is 25.2. The monoisotopic (exact) mass is 522 g/mol. The molecule has 3 heterocycles. The van der Waals surface area contributed by atoms with E-state index in [2.05, 4.69) is 24.8 Å². The average Bonchev–Trinajstić information content (AvgIpc) is 3.40. The molecule has 7 atom stereocenters. The fourth-order valence-electron chi connectivity index (χ4n) is 3.80. The van der Waals surface area contributed by atoms with E-state index < -0.39 is 50.4 Å². The van der Waals surface area contributed by atoms with Gasteiger partial charge < -0.3 is 29.9 Å². The summed E-state index contributed by atoms with van der Waals surface area (Å²) < 4.78 is 37.0. The number of anilines is 1. The number of nitrogen functional groups attached to an aromatic ring is 1. The maximum absolute atomic E-state index is 13.7. The number of nitrogens with two attached hydrogens (primary N) is 1. The molecule has 194 valence electrons. The molecule has 1 saturated heterocycles. The van der Waals surface area contributed by atoms with E-state index in [1.54, 1.807) is 30.3 Å². The second-order valence-corrected chi connectivity index (χ2v) is 9.79. The quantitative estimate of drug-likeness (QED) is 0.228. The Kier molecular flexibility index (Phi) is 7.54. The predicted molar refractivity (Wildman–Crippen MR) is 125 cm³/mol. The van der Waals surface area contributed by atoms with Gasteiger partial charge >= 0.3 is 13.7 Å². The third-order valence-corrected chi connectivity index (χ3v) is 7.34. The molecule has 1 fully saturated rings. The number of methoxy groups -OCH3 is 1. The number of hydrogen-bond donors (Lipinski definition) is 4. The number of esters is 1. The average molecular weight is 522 g/mol. The molecule has 1 aliphatic heterocycles. The first-order valence-corrected chi connectivity index (χ1v) is 12.5. The highest BCUT2D eigenvalue weighted by Crippen LogP contribution is 2.48. The maximum atomic E-state index is 13.7. The Hall–Kier alpha value is -3.13. The molecule has 2 aromatic heterocycles. The van der Waals surface area contributed by atoms with Gasteiger partial charge in [-0.1, -0.05) is 18.2 Å². The van der Waals surface area contributed by atoms with Crippen LogP contribution in [0.15, 0.2) is 43.0 Å². The number of ether oxygens (including phenoxy) is 2. The van der Waals surface area contributed by atoms with Gasteiger partial charge in [0.25, 0.3) is 0 Å². The highest BCUT2D eigenvalue weighted by Gasteiger charge is 2.49. The molecular weight excluding hydrogens is 495 g/mol. The lowest BCUT2D eigenvalue weighted by molar-refractivity contribution is -0.142. The van der Waals surface area contributed by atoms with E-state index in [0.29, 0.717) is 11.2 Å². The molecule has 0 amide bonds. The van der Waals surface area contributed by atoms with Crippen LogP contribution < -0.4 is 15.3 Å². The molecule has 0 aliphatic carbocycles. The molecule has 3 aromatic rings. The summed E-state index contributed by atoms with van der Waals surface area (Å²) in [6.45, 7) is 2.92. The molecule has 15 heteroatoms. The molecule has 2 unspecified atom stereocenters. The minimum Gasteiger partial charge on any atom is -0.468 e. The van der Waals surface area contributed by atoms with Gasteiger partial charge in [-0.15, -0.1) is 0 Å². The summed E-state index contributed by atoms with van der Waals surface area (Å²) in [7, 11) is -3.03. The number of benzene rings is 1.